The van der Waals surface area contributed by atoms with Crippen LogP contribution in [-0.4, -0.2) is 18.6 Å². The lowest BCUT2D eigenvalue weighted by Crippen LogP contribution is -2.36. The summed E-state index contributed by atoms with van der Waals surface area (Å²) >= 11 is 17.9. The number of carbonyl (C=O) groups excluding carboxylic acids is 1. The predicted molar refractivity (Wildman–Crippen MR) is 111 cm³/mol. The zero-order valence-corrected chi connectivity index (χ0v) is 17.2. The lowest BCUT2D eigenvalue weighted by Gasteiger charge is -2.21. The first-order valence-electron chi connectivity index (χ1n) is 9.15. The van der Waals surface area contributed by atoms with Gasteiger partial charge in [0.05, 0.1) is 11.6 Å². The van der Waals surface area contributed by atoms with Crippen LogP contribution in [0.1, 0.15) is 43.6 Å². The highest BCUT2D eigenvalue weighted by molar-refractivity contribution is 6.35. The normalized spacial score (nSPS) is 19.1. The minimum absolute atomic E-state index is 0.0617. The predicted octanol–water partition coefficient (Wildman–Crippen LogP) is 6.26. The van der Waals surface area contributed by atoms with Crippen molar-refractivity contribution in [1.82, 2.24) is 5.32 Å². The molecule has 2 atom stereocenters. The Kier molecular flexibility index (Phi) is 7.28. The third kappa shape index (κ3) is 5.78. The van der Waals surface area contributed by atoms with E-state index in [0.29, 0.717) is 41.2 Å². The van der Waals surface area contributed by atoms with Gasteiger partial charge in [0.15, 0.2) is 0 Å². The van der Waals surface area contributed by atoms with Gasteiger partial charge in [0.2, 0.25) is 5.91 Å². The first kappa shape index (κ1) is 20.3. The van der Waals surface area contributed by atoms with E-state index in [-0.39, 0.29) is 11.9 Å². The molecule has 2 aromatic carbocycles. The summed E-state index contributed by atoms with van der Waals surface area (Å²) in [5.74, 6) is 1.00. The highest BCUT2D eigenvalue weighted by atomic mass is 35.5. The van der Waals surface area contributed by atoms with E-state index >= 15 is 0 Å². The lowest BCUT2D eigenvalue weighted by atomic mass is 9.94. The van der Waals surface area contributed by atoms with Crippen molar-refractivity contribution in [2.75, 3.05) is 6.61 Å². The van der Waals surface area contributed by atoms with Gasteiger partial charge in [0.25, 0.3) is 0 Å². The molecular formula is C21H22Cl3NO2. The molecule has 6 heteroatoms. The molecule has 0 radical (unpaired) electrons. The van der Waals surface area contributed by atoms with E-state index in [4.69, 9.17) is 39.5 Å². The highest BCUT2D eigenvalue weighted by Gasteiger charge is 2.29. The number of benzene rings is 2. The van der Waals surface area contributed by atoms with Gasteiger partial charge in [-0.05, 0) is 55.2 Å². The van der Waals surface area contributed by atoms with Crippen LogP contribution in [0.25, 0.3) is 0 Å². The molecule has 1 N–H and O–H groups in total. The Morgan fingerprint density at radius 2 is 1.78 bits per heavy atom. The Labute approximate surface area is 175 Å². The molecule has 0 heterocycles. The van der Waals surface area contributed by atoms with Crippen molar-refractivity contribution in [3.8, 4) is 5.75 Å². The summed E-state index contributed by atoms with van der Waals surface area (Å²) < 4.78 is 5.63. The van der Waals surface area contributed by atoms with Crippen molar-refractivity contribution in [3.63, 3.8) is 0 Å². The molecule has 1 aliphatic carbocycles. The van der Waals surface area contributed by atoms with Crippen molar-refractivity contribution < 1.29 is 9.53 Å². The van der Waals surface area contributed by atoms with Crippen LogP contribution < -0.4 is 10.1 Å². The summed E-state index contributed by atoms with van der Waals surface area (Å²) in [6.45, 7) is 0.431. The van der Waals surface area contributed by atoms with Gasteiger partial charge in [0.1, 0.15) is 5.75 Å². The molecule has 0 saturated heterocycles. The molecule has 0 aromatic heterocycles. The molecule has 1 saturated carbocycles. The molecule has 1 aliphatic rings. The average Bonchev–Trinajstić information content (AvgIpc) is 3.09. The van der Waals surface area contributed by atoms with Crippen molar-refractivity contribution in [3.05, 3.63) is 63.1 Å². The van der Waals surface area contributed by atoms with Crippen LogP contribution in [0.3, 0.4) is 0 Å². The van der Waals surface area contributed by atoms with Gasteiger partial charge in [0, 0.05) is 28.4 Å². The molecular weight excluding hydrogens is 405 g/mol. The number of hydrogen-bond donors (Lipinski definition) is 1. The SMILES string of the molecule is O=C(CCCOc1ccc(Cl)cc1Cl)N[C@@H]1CCC[C@H]1c1ccc(Cl)cc1. The Morgan fingerprint density at radius 1 is 1.04 bits per heavy atom. The average molecular weight is 427 g/mol. The van der Waals surface area contributed by atoms with Gasteiger partial charge in [-0.15, -0.1) is 0 Å². The molecule has 27 heavy (non-hydrogen) atoms. The smallest absolute Gasteiger partial charge is 0.220 e. The number of hydrogen-bond acceptors (Lipinski definition) is 2. The van der Waals surface area contributed by atoms with Gasteiger partial charge in [-0.3, -0.25) is 4.79 Å². The van der Waals surface area contributed by atoms with E-state index in [1.165, 1.54) is 5.56 Å². The van der Waals surface area contributed by atoms with E-state index in [1.807, 2.05) is 12.1 Å². The fraction of sp³-hybridized carbons (Fsp3) is 0.381. The monoisotopic (exact) mass is 425 g/mol. The number of nitrogens with one attached hydrogen (secondary N) is 1. The Balaban J connectivity index is 1.44. The molecule has 1 fully saturated rings. The fourth-order valence-electron chi connectivity index (χ4n) is 3.53. The van der Waals surface area contributed by atoms with Gasteiger partial charge in [-0.25, -0.2) is 0 Å². The number of rotatable bonds is 7. The van der Waals surface area contributed by atoms with Gasteiger partial charge >= 0.3 is 0 Å². The largest absolute Gasteiger partial charge is 0.492 e. The summed E-state index contributed by atoms with van der Waals surface area (Å²) in [7, 11) is 0. The zero-order valence-electron chi connectivity index (χ0n) is 14.9. The van der Waals surface area contributed by atoms with Gasteiger partial charge in [-0.1, -0.05) is 53.4 Å². The third-order valence-electron chi connectivity index (χ3n) is 4.86. The summed E-state index contributed by atoms with van der Waals surface area (Å²) in [5.41, 5.74) is 1.24. The maximum absolute atomic E-state index is 12.3. The number of halogens is 3. The van der Waals surface area contributed by atoms with E-state index in [9.17, 15) is 4.79 Å². The van der Waals surface area contributed by atoms with Crippen molar-refractivity contribution in [2.45, 2.75) is 44.1 Å². The summed E-state index contributed by atoms with van der Waals surface area (Å²) in [6.07, 6.45) is 4.27. The third-order valence-corrected chi connectivity index (χ3v) is 5.64. The molecule has 3 rings (SSSR count). The van der Waals surface area contributed by atoms with Crippen LogP contribution in [0.4, 0.5) is 0 Å². The lowest BCUT2D eigenvalue weighted by molar-refractivity contribution is -0.122. The van der Waals surface area contributed by atoms with E-state index in [2.05, 4.69) is 17.4 Å². The fourth-order valence-corrected chi connectivity index (χ4v) is 4.12. The van der Waals surface area contributed by atoms with E-state index in [1.54, 1.807) is 18.2 Å². The highest BCUT2D eigenvalue weighted by Crippen LogP contribution is 2.35. The molecule has 0 spiro atoms. The van der Waals surface area contributed by atoms with Crippen LogP contribution in [0.5, 0.6) is 5.75 Å². The molecule has 3 nitrogen and oxygen atoms in total. The Bertz CT molecular complexity index is 779. The quantitative estimate of drug-likeness (QED) is 0.531. The Morgan fingerprint density at radius 3 is 2.52 bits per heavy atom. The Hall–Kier alpha value is -1.42. The van der Waals surface area contributed by atoms with Crippen LogP contribution in [0.15, 0.2) is 42.5 Å². The zero-order chi connectivity index (χ0) is 19.2. The van der Waals surface area contributed by atoms with Gasteiger partial charge in [-0.2, -0.15) is 0 Å². The molecule has 2 aromatic rings. The molecule has 1 amide bonds. The van der Waals surface area contributed by atoms with Crippen LogP contribution in [0, 0.1) is 0 Å². The maximum Gasteiger partial charge on any atom is 0.220 e. The summed E-state index contributed by atoms with van der Waals surface area (Å²) in [4.78, 5) is 12.3. The summed E-state index contributed by atoms with van der Waals surface area (Å²) in [5, 5.41) is 4.97. The molecule has 144 valence electrons. The minimum Gasteiger partial charge on any atom is -0.492 e. The van der Waals surface area contributed by atoms with E-state index < -0.39 is 0 Å². The topological polar surface area (TPSA) is 38.3 Å². The summed E-state index contributed by atoms with van der Waals surface area (Å²) in [6, 6.07) is 13.2. The second-order valence-corrected chi connectivity index (χ2v) is 8.07. The first-order chi connectivity index (χ1) is 13.0. The first-order valence-corrected chi connectivity index (χ1v) is 10.3. The second kappa shape index (κ2) is 9.68. The molecule has 0 unspecified atom stereocenters. The molecule has 0 aliphatic heterocycles. The number of ether oxygens (including phenoxy) is 1. The van der Waals surface area contributed by atoms with Gasteiger partial charge < -0.3 is 10.1 Å². The van der Waals surface area contributed by atoms with Crippen LogP contribution in [-0.2, 0) is 4.79 Å². The van der Waals surface area contributed by atoms with Crippen molar-refractivity contribution in [1.29, 1.82) is 0 Å². The van der Waals surface area contributed by atoms with Crippen molar-refractivity contribution >= 4 is 40.7 Å². The molecule has 0 bridgehead atoms. The van der Waals surface area contributed by atoms with Crippen molar-refractivity contribution in [2.24, 2.45) is 0 Å². The maximum atomic E-state index is 12.3. The van der Waals surface area contributed by atoms with Crippen LogP contribution >= 0.6 is 34.8 Å². The van der Waals surface area contributed by atoms with E-state index in [0.717, 1.165) is 24.3 Å². The standard InChI is InChI=1S/C21H22Cl3NO2/c22-15-8-6-14(7-9-15)17-3-1-4-19(17)25-21(26)5-2-12-27-20-11-10-16(23)13-18(20)24/h6-11,13,17,19H,1-5,12H2,(H,25,26)/t17-,19+/m0/s1. The number of amides is 1. The van der Waals surface area contributed by atoms with Crippen LogP contribution in [0.2, 0.25) is 15.1 Å². The number of carbonyl (C=O) groups is 1. The minimum atomic E-state index is 0.0617. The second-order valence-electron chi connectivity index (χ2n) is 6.79.